The summed E-state index contributed by atoms with van der Waals surface area (Å²) in [6.07, 6.45) is 0. The van der Waals surface area contributed by atoms with Gasteiger partial charge in [-0.2, -0.15) is 0 Å². The average molecular weight is 439 g/mol. The van der Waals surface area contributed by atoms with E-state index in [1.54, 1.807) is 50.2 Å². The van der Waals surface area contributed by atoms with Crippen LogP contribution in [0.15, 0.2) is 77.7 Å². The number of benzene rings is 3. The number of carbonyl (C=O) groups is 2. The molecular formula is C23H22N2O5S. The Morgan fingerprint density at radius 3 is 2.16 bits per heavy atom. The van der Waals surface area contributed by atoms with Crippen molar-refractivity contribution in [3.63, 3.8) is 0 Å². The summed E-state index contributed by atoms with van der Waals surface area (Å²) in [6, 6.07) is 19.0. The number of hydrogen-bond acceptors (Lipinski definition) is 5. The van der Waals surface area contributed by atoms with Gasteiger partial charge in [0.15, 0.2) is 0 Å². The van der Waals surface area contributed by atoms with Gasteiger partial charge in [-0.3, -0.25) is 9.52 Å². The first kappa shape index (κ1) is 22.0. The largest absolute Gasteiger partial charge is 0.462 e. The fourth-order valence-electron chi connectivity index (χ4n) is 2.84. The lowest BCUT2D eigenvalue weighted by molar-refractivity contribution is 0.0526. The number of hydrogen-bond donors (Lipinski definition) is 2. The molecule has 0 unspecified atom stereocenters. The number of anilines is 2. The maximum Gasteiger partial charge on any atom is 0.338 e. The van der Waals surface area contributed by atoms with Crippen LogP contribution in [0.3, 0.4) is 0 Å². The van der Waals surface area contributed by atoms with Gasteiger partial charge >= 0.3 is 5.97 Å². The molecule has 0 atom stereocenters. The Labute approximate surface area is 181 Å². The summed E-state index contributed by atoms with van der Waals surface area (Å²) in [6.45, 7) is 3.80. The van der Waals surface area contributed by atoms with Crippen molar-refractivity contribution in [2.75, 3.05) is 16.6 Å². The lowest BCUT2D eigenvalue weighted by Gasteiger charge is -2.11. The second kappa shape index (κ2) is 9.44. The Hall–Kier alpha value is -3.65. The molecule has 0 saturated heterocycles. The molecule has 8 heteroatoms. The molecule has 1 amide bonds. The molecule has 3 aromatic carbocycles. The first-order chi connectivity index (χ1) is 14.8. The summed E-state index contributed by atoms with van der Waals surface area (Å²) in [5, 5.41) is 2.79. The minimum atomic E-state index is -3.70. The van der Waals surface area contributed by atoms with Crippen molar-refractivity contribution in [2.24, 2.45) is 0 Å². The van der Waals surface area contributed by atoms with Crippen molar-refractivity contribution in [1.29, 1.82) is 0 Å². The topological polar surface area (TPSA) is 102 Å². The van der Waals surface area contributed by atoms with Crippen molar-refractivity contribution in [2.45, 2.75) is 18.7 Å². The van der Waals surface area contributed by atoms with Crippen LogP contribution in [0.25, 0.3) is 0 Å². The number of nitrogens with one attached hydrogen (secondary N) is 2. The Bertz CT molecular complexity index is 1190. The third-order valence-electron chi connectivity index (χ3n) is 4.44. The van der Waals surface area contributed by atoms with E-state index in [1.165, 1.54) is 36.4 Å². The van der Waals surface area contributed by atoms with Gasteiger partial charge < -0.3 is 10.1 Å². The summed E-state index contributed by atoms with van der Waals surface area (Å²) in [4.78, 5) is 24.5. The minimum absolute atomic E-state index is 0.151. The Morgan fingerprint density at radius 2 is 1.55 bits per heavy atom. The summed E-state index contributed by atoms with van der Waals surface area (Å²) < 4.78 is 32.2. The van der Waals surface area contributed by atoms with Gasteiger partial charge in [-0.05, 0) is 74.0 Å². The van der Waals surface area contributed by atoms with E-state index < -0.39 is 16.0 Å². The number of esters is 1. The molecule has 7 nitrogen and oxygen atoms in total. The molecule has 0 saturated carbocycles. The molecule has 0 aliphatic heterocycles. The average Bonchev–Trinajstić information content (AvgIpc) is 2.76. The number of ether oxygens (including phenoxy) is 1. The Kier molecular flexibility index (Phi) is 6.71. The fourth-order valence-corrected chi connectivity index (χ4v) is 3.92. The van der Waals surface area contributed by atoms with Gasteiger partial charge in [0.1, 0.15) is 0 Å². The van der Waals surface area contributed by atoms with E-state index in [1.807, 2.05) is 0 Å². The SMILES string of the molecule is CCOC(=O)c1ccc(NC(=O)c2ccc(NS(=O)(=O)c3ccccc3)cc2)c(C)c1. The van der Waals surface area contributed by atoms with Crippen LogP contribution in [0.1, 0.15) is 33.2 Å². The molecule has 0 aliphatic rings. The van der Waals surface area contributed by atoms with Crippen LogP contribution in [0.4, 0.5) is 11.4 Å². The molecule has 3 aromatic rings. The molecule has 0 bridgehead atoms. The van der Waals surface area contributed by atoms with Crippen LogP contribution < -0.4 is 10.0 Å². The number of sulfonamides is 1. The normalized spacial score (nSPS) is 10.9. The smallest absolute Gasteiger partial charge is 0.338 e. The summed E-state index contributed by atoms with van der Waals surface area (Å²) in [5.41, 5.74) is 2.39. The van der Waals surface area contributed by atoms with E-state index >= 15 is 0 Å². The third-order valence-corrected chi connectivity index (χ3v) is 5.84. The molecule has 31 heavy (non-hydrogen) atoms. The molecule has 0 aromatic heterocycles. The Balaban J connectivity index is 1.69. The first-order valence-electron chi connectivity index (χ1n) is 9.57. The van der Waals surface area contributed by atoms with Gasteiger partial charge in [-0.1, -0.05) is 18.2 Å². The van der Waals surface area contributed by atoms with Gasteiger partial charge in [0.25, 0.3) is 15.9 Å². The molecule has 0 heterocycles. The predicted molar refractivity (Wildman–Crippen MR) is 119 cm³/mol. The van der Waals surface area contributed by atoms with Gasteiger partial charge in [0.2, 0.25) is 0 Å². The van der Waals surface area contributed by atoms with Crippen molar-refractivity contribution >= 4 is 33.3 Å². The number of carbonyl (C=O) groups excluding carboxylic acids is 2. The van der Waals surface area contributed by atoms with Crippen LogP contribution in [0.5, 0.6) is 0 Å². The van der Waals surface area contributed by atoms with Crippen molar-refractivity contribution in [3.05, 3.63) is 89.5 Å². The maximum absolute atomic E-state index is 12.6. The van der Waals surface area contributed by atoms with Crippen LogP contribution in [-0.2, 0) is 14.8 Å². The number of rotatable bonds is 7. The van der Waals surface area contributed by atoms with Crippen molar-refractivity contribution in [1.82, 2.24) is 0 Å². The summed E-state index contributed by atoms with van der Waals surface area (Å²) >= 11 is 0. The highest BCUT2D eigenvalue weighted by atomic mass is 32.2. The lowest BCUT2D eigenvalue weighted by Crippen LogP contribution is -2.15. The van der Waals surface area contributed by atoms with Gasteiger partial charge in [0.05, 0.1) is 17.1 Å². The molecule has 0 radical (unpaired) electrons. The number of amides is 1. The van der Waals surface area contributed by atoms with Gasteiger partial charge in [-0.15, -0.1) is 0 Å². The van der Waals surface area contributed by atoms with E-state index in [0.717, 1.165) is 0 Å². The van der Waals surface area contributed by atoms with E-state index in [9.17, 15) is 18.0 Å². The molecule has 2 N–H and O–H groups in total. The van der Waals surface area contributed by atoms with E-state index in [2.05, 4.69) is 10.0 Å². The standard InChI is InChI=1S/C23H22N2O5S/c1-3-30-23(27)18-11-14-21(16(2)15-18)24-22(26)17-9-12-19(13-10-17)25-31(28,29)20-7-5-4-6-8-20/h4-15,25H,3H2,1-2H3,(H,24,26). The highest BCUT2D eigenvalue weighted by Gasteiger charge is 2.15. The first-order valence-corrected chi connectivity index (χ1v) is 11.1. The lowest BCUT2D eigenvalue weighted by atomic mass is 10.1. The molecular weight excluding hydrogens is 416 g/mol. The van der Waals surface area contributed by atoms with E-state index in [-0.39, 0.29) is 17.4 Å². The fraction of sp³-hybridized carbons (Fsp3) is 0.130. The predicted octanol–water partition coefficient (Wildman–Crippen LogP) is 4.22. The minimum Gasteiger partial charge on any atom is -0.462 e. The van der Waals surface area contributed by atoms with Crippen molar-refractivity contribution in [3.8, 4) is 0 Å². The van der Waals surface area contributed by atoms with E-state index in [0.29, 0.717) is 28.1 Å². The third kappa shape index (κ3) is 5.49. The summed E-state index contributed by atoms with van der Waals surface area (Å²) in [5.74, 6) is -0.776. The zero-order valence-electron chi connectivity index (χ0n) is 17.1. The molecule has 0 fully saturated rings. The molecule has 3 rings (SSSR count). The van der Waals surface area contributed by atoms with E-state index in [4.69, 9.17) is 4.74 Å². The van der Waals surface area contributed by atoms with Gasteiger partial charge in [-0.25, -0.2) is 13.2 Å². The zero-order valence-corrected chi connectivity index (χ0v) is 17.9. The maximum atomic E-state index is 12.6. The zero-order chi connectivity index (χ0) is 22.4. The van der Waals surface area contributed by atoms with Crippen LogP contribution in [-0.4, -0.2) is 26.9 Å². The molecule has 0 aliphatic carbocycles. The van der Waals surface area contributed by atoms with Crippen LogP contribution >= 0.6 is 0 Å². The second-order valence-electron chi connectivity index (χ2n) is 6.70. The highest BCUT2D eigenvalue weighted by molar-refractivity contribution is 7.92. The highest BCUT2D eigenvalue weighted by Crippen LogP contribution is 2.20. The summed E-state index contributed by atoms with van der Waals surface area (Å²) in [7, 11) is -3.70. The second-order valence-corrected chi connectivity index (χ2v) is 8.38. The van der Waals surface area contributed by atoms with Crippen molar-refractivity contribution < 1.29 is 22.7 Å². The monoisotopic (exact) mass is 438 g/mol. The molecule has 160 valence electrons. The quantitative estimate of drug-likeness (QED) is 0.538. The van der Waals surface area contributed by atoms with Gasteiger partial charge in [0, 0.05) is 16.9 Å². The van der Waals surface area contributed by atoms with Crippen LogP contribution in [0, 0.1) is 6.92 Å². The number of aryl methyl sites for hydroxylation is 1. The van der Waals surface area contributed by atoms with Crippen LogP contribution in [0.2, 0.25) is 0 Å². The molecule has 0 spiro atoms. The Morgan fingerprint density at radius 1 is 0.903 bits per heavy atom.